The first-order valence-corrected chi connectivity index (χ1v) is 6.18. The minimum atomic E-state index is -0.397. The van der Waals surface area contributed by atoms with Crippen molar-refractivity contribution in [3.05, 3.63) is 55.9 Å². The van der Waals surface area contributed by atoms with Gasteiger partial charge in [-0.05, 0) is 22.6 Å². The predicted octanol–water partition coefficient (Wildman–Crippen LogP) is 2.60. The summed E-state index contributed by atoms with van der Waals surface area (Å²) in [7, 11) is 0. The van der Waals surface area contributed by atoms with Crippen LogP contribution in [0.5, 0.6) is 0 Å². The van der Waals surface area contributed by atoms with Gasteiger partial charge in [-0.1, -0.05) is 18.2 Å². The van der Waals surface area contributed by atoms with Crippen LogP contribution in [0.3, 0.4) is 0 Å². The highest BCUT2D eigenvalue weighted by atomic mass is 127. The second-order valence-electron chi connectivity index (χ2n) is 3.46. The molecule has 0 radical (unpaired) electrons. The topological polar surface area (TPSA) is 81.0 Å². The molecule has 0 bridgehead atoms. The lowest BCUT2D eigenvalue weighted by atomic mass is 10.2. The van der Waals surface area contributed by atoms with E-state index in [0.717, 1.165) is 3.57 Å². The zero-order valence-electron chi connectivity index (χ0n) is 9.21. The van der Waals surface area contributed by atoms with Crippen molar-refractivity contribution in [3.8, 4) is 0 Å². The van der Waals surface area contributed by atoms with Gasteiger partial charge in [-0.15, -0.1) is 0 Å². The van der Waals surface area contributed by atoms with Crippen LogP contribution in [0.2, 0.25) is 0 Å². The van der Waals surface area contributed by atoms with Gasteiger partial charge in [-0.3, -0.25) is 10.1 Å². The minimum Gasteiger partial charge on any atom is -0.350 e. The first-order chi connectivity index (χ1) is 8.66. The molecule has 92 valence electrons. The Hall–Kier alpha value is -1.77. The van der Waals surface area contributed by atoms with Crippen molar-refractivity contribution >= 4 is 34.2 Å². The fourth-order valence-electron chi connectivity index (χ4n) is 1.42. The molecule has 0 aliphatic rings. The van der Waals surface area contributed by atoms with Crippen LogP contribution in [0.25, 0.3) is 0 Å². The SMILES string of the molecule is O=[N+]([O-])c1ccccc1CNc1ncc(I)cn1. The highest BCUT2D eigenvalue weighted by Gasteiger charge is 2.11. The summed E-state index contributed by atoms with van der Waals surface area (Å²) in [5.41, 5.74) is 0.695. The summed E-state index contributed by atoms with van der Waals surface area (Å²) in [6.45, 7) is 0.317. The van der Waals surface area contributed by atoms with E-state index in [0.29, 0.717) is 18.1 Å². The maximum atomic E-state index is 10.8. The number of nitro groups is 1. The van der Waals surface area contributed by atoms with Gasteiger partial charge in [0.2, 0.25) is 5.95 Å². The fourth-order valence-corrected chi connectivity index (χ4v) is 1.69. The Balaban J connectivity index is 2.10. The number of rotatable bonds is 4. The molecular formula is C11H9IN4O2. The molecule has 0 saturated heterocycles. The highest BCUT2D eigenvalue weighted by Crippen LogP contribution is 2.18. The van der Waals surface area contributed by atoms with Crippen LogP contribution in [0.15, 0.2) is 36.7 Å². The molecule has 0 fully saturated rings. The largest absolute Gasteiger partial charge is 0.350 e. The number of benzene rings is 1. The molecule has 0 amide bonds. The fraction of sp³-hybridized carbons (Fsp3) is 0.0909. The van der Waals surface area contributed by atoms with Crippen molar-refractivity contribution in [2.45, 2.75) is 6.54 Å². The standard InChI is InChI=1S/C11H9IN4O2/c12-9-6-14-11(15-7-9)13-5-8-3-1-2-4-10(8)16(17)18/h1-4,6-7H,5H2,(H,13,14,15). The highest BCUT2D eigenvalue weighted by molar-refractivity contribution is 14.1. The van der Waals surface area contributed by atoms with Crippen LogP contribution < -0.4 is 5.32 Å². The molecule has 6 nitrogen and oxygen atoms in total. The molecule has 7 heteroatoms. The number of nitrogens with one attached hydrogen (secondary N) is 1. The van der Waals surface area contributed by atoms with E-state index in [4.69, 9.17) is 0 Å². The molecule has 1 aromatic carbocycles. The maximum Gasteiger partial charge on any atom is 0.274 e. The Morgan fingerprint density at radius 1 is 1.28 bits per heavy atom. The second-order valence-corrected chi connectivity index (χ2v) is 4.71. The van der Waals surface area contributed by atoms with Crippen molar-refractivity contribution in [2.75, 3.05) is 5.32 Å². The number of nitrogens with zero attached hydrogens (tertiary/aromatic N) is 3. The van der Waals surface area contributed by atoms with Crippen molar-refractivity contribution in [1.82, 2.24) is 9.97 Å². The van der Waals surface area contributed by atoms with Crippen molar-refractivity contribution in [1.29, 1.82) is 0 Å². The number of aromatic nitrogens is 2. The van der Waals surface area contributed by atoms with E-state index in [1.807, 2.05) is 0 Å². The Bertz CT molecular complexity index is 559. The minimum absolute atomic E-state index is 0.0931. The maximum absolute atomic E-state index is 10.8. The number of hydrogen-bond acceptors (Lipinski definition) is 5. The van der Waals surface area contributed by atoms with Gasteiger partial charge in [-0.2, -0.15) is 0 Å². The molecule has 1 aromatic heterocycles. The smallest absolute Gasteiger partial charge is 0.274 e. The molecule has 2 aromatic rings. The van der Waals surface area contributed by atoms with E-state index >= 15 is 0 Å². The van der Waals surface area contributed by atoms with E-state index in [1.54, 1.807) is 30.6 Å². The van der Waals surface area contributed by atoms with E-state index in [9.17, 15) is 10.1 Å². The Labute approximate surface area is 117 Å². The number of para-hydroxylation sites is 1. The second kappa shape index (κ2) is 5.71. The summed E-state index contributed by atoms with van der Waals surface area (Å²) < 4.78 is 0.934. The molecule has 2 rings (SSSR count). The quantitative estimate of drug-likeness (QED) is 0.518. The van der Waals surface area contributed by atoms with Crippen LogP contribution in [0, 0.1) is 13.7 Å². The lowest BCUT2D eigenvalue weighted by Crippen LogP contribution is -2.05. The van der Waals surface area contributed by atoms with Crippen molar-refractivity contribution in [3.63, 3.8) is 0 Å². The lowest BCUT2D eigenvalue weighted by molar-refractivity contribution is -0.385. The third-order valence-electron chi connectivity index (χ3n) is 2.25. The zero-order chi connectivity index (χ0) is 13.0. The Kier molecular flexibility index (Phi) is 4.03. The number of halogens is 1. The Morgan fingerprint density at radius 2 is 1.94 bits per heavy atom. The third kappa shape index (κ3) is 3.13. The molecule has 1 heterocycles. The molecule has 0 spiro atoms. The summed E-state index contributed by atoms with van der Waals surface area (Å²) >= 11 is 2.11. The third-order valence-corrected chi connectivity index (χ3v) is 2.80. The number of nitro benzene ring substituents is 1. The van der Waals surface area contributed by atoms with Crippen LogP contribution in [-0.2, 0) is 6.54 Å². The first-order valence-electron chi connectivity index (χ1n) is 5.10. The van der Waals surface area contributed by atoms with Gasteiger partial charge in [0, 0.05) is 34.1 Å². The van der Waals surface area contributed by atoms with Gasteiger partial charge in [0.1, 0.15) is 0 Å². The van der Waals surface area contributed by atoms with E-state index < -0.39 is 4.92 Å². The average molecular weight is 356 g/mol. The van der Waals surface area contributed by atoms with Gasteiger partial charge in [-0.25, -0.2) is 9.97 Å². The van der Waals surface area contributed by atoms with Crippen LogP contribution in [-0.4, -0.2) is 14.9 Å². The molecule has 0 aliphatic carbocycles. The van der Waals surface area contributed by atoms with Gasteiger partial charge >= 0.3 is 0 Å². The van der Waals surface area contributed by atoms with Gasteiger partial charge < -0.3 is 5.32 Å². The summed E-state index contributed by atoms with van der Waals surface area (Å²) in [6.07, 6.45) is 3.35. The average Bonchev–Trinajstić information content (AvgIpc) is 2.38. The molecule has 0 unspecified atom stereocenters. The van der Waals surface area contributed by atoms with Gasteiger partial charge in [0.15, 0.2) is 0 Å². The molecule has 0 saturated carbocycles. The first kappa shape index (κ1) is 12.7. The summed E-state index contributed by atoms with van der Waals surface area (Å²) in [4.78, 5) is 18.6. The zero-order valence-corrected chi connectivity index (χ0v) is 11.4. The monoisotopic (exact) mass is 356 g/mol. The Morgan fingerprint density at radius 3 is 2.61 bits per heavy atom. The van der Waals surface area contributed by atoms with Crippen LogP contribution in [0.4, 0.5) is 11.6 Å². The predicted molar refractivity (Wildman–Crippen MR) is 75.2 cm³/mol. The molecule has 0 aliphatic heterocycles. The number of anilines is 1. The molecular weight excluding hydrogens is 347 g/mol. The van der Waals surface area contributed by atoms with Gasteiger partial charge in [0.05, 0.1) is 4.92 Å². The van der Waals surface area contributed by atoms with E-state index in [1.165, 1.54) is 6.07 Å². The van der Waals surface area contributed by atoms with Crippen LogP contribution in [0.1, 0.15) is 5.56 Å². The molecule has 1 N–H and O–H groups in total. The van der Waals surface area contributed by atoms with Crippen molar-refractivity contribution in [2.24, 2.45) is 0 Å². The van der Waals surface area contributed by atoms with Crippen LogP contribution >= 0.6 is 22.6 Å². The van der Waals surface area contributed by atoms with E-state index in [-0.39, 0.29) is 5.69 Å². The summed E-state index contributed by atoms with van der Waals surface area (Å²) in [5, 5.41) is 13.8. The van der Waals surface area contributed by atoms with Crippen molar-refractivity contribution < 1.29 is 4.92 Å². The molecule has 0 atom stereocenters. The molecule has 18 heavy (non-hydrogen) atoms. The normalized spacial score (nSPS) is 10.1. The number of hydrogen-bond donors (Lipinski definition) is 1. The summed E-state index contributed by atoms with van der Waals surface area (Å²) in [5.74, 6) is 0.452. The van der Waals surface area contributed by atoms with E-state index in [2.05, 4.69) is 37.9 Å². The summed E-state index contributed by atoms with van der Waals surface area (Å²) in [6, 6.07) is 6.59. The van der Waals surface area contributed by atoms with Gasteiger partial charge in [0.25, 0.3) is 5.69 Å². The lowest BCUT2D eigenvalue weighted by Gasteiger charge is -2.05.